The molecule has 1 aromatic rings. The highest BCUT2D eigenvalue weighted by Gasteiger charge is 2.47. The molecule has 2 N–H and O–H groups in total. The first kappa shape index (κ1) is 16.3. The number of nitrogens with one attached hydrogen (secondary N) is 1. The van der Waals surface area contributed by atoms with Crippen LogP contribution in [0, 0.1) is 23.7 Å². The third kappa shape index (κ3) is 3.50. The predicted octanol–water partition coefficient (Wildman–Crippen LogP) is 2.94. The van der Waals surface area contributed by atoms with Crippen LogP contribution >= 0.6 is 0 Å². The predicted molar refractivity (Wildman–Crippen MR) is 91.8 cm³/mol. The van der Waals surface area contributed by atoms with E-state index >= 15 is 0 Å². The fourth-order valence-electron chi connectivity index (χ4n) is 4.40. The zero-order chi connectivity index (χ0) is 16.2. The molecular formula is C20H27NO2. The minimum absolute atomic E-state index is 0.0181. The Morgan fingerprint density at radius 2 is 2.00 bits per heavy atom. The molecule has 0 spiro atoms. The summed E-state index contributed by atoms with van der Waals surface area (Å²) in [4.78, 5) is 12.8. The third-order valence-corrected chi connectivity index (χ3v) is 5.44. The Bertz CT molecular complexity index is 554. The summed E-state index contributed by atoms with van der Waals surface area (Å²) in [7, 11) is 0. The molecule has 3 rings (SSSR count). The Morgan fingerprint density at radius 1 is 1.26 bits per heavy atom. The maximum Gasteiger partial charge on any atom is 0.224 e. The fraction of sp³-hybridized carbons (Fsp3) is 0.550. The van der Waals surface area contributed by atoms with Crippen LogP contribution in [0.4, 0.5) is 0 Å². The summed E-state index contributed by atoms with van der Waals surface area (Å²) in [5.41, 5.74) is 1.14. The number of aliphatic hydroxyl groups is 1. The van der Waals surface area contributed by atoms with Crippen LogP contribution in [0.2, 0.25) is 0 Å². The van der Waals surface area contributed by atoms with Crippen LogP contribution in [0.1, 0.15) is 31.7 Å². The van der Waals surface area contributed by atoms with Crippen molar-refractivity contribution < 1.29 is 9.90 Å². The van der Waals surface area contributed by atoms with Crippen LogP contribution in [0.25, 0.3) is 0 Å². The van der Waals surface area contributed by atoms with Crippen molar-refractivity contribution in [3.05, 3.63) is 48.0 Å². The molecule has 1 fully saturated rings. The highest BCUT2D eigenvalue weighted by Crippen LogP contribution is 2.49. The van der Waals surface area contributed by atoms with Gasteiger partial charge >= 0.3 is 0 Å². The molecule has 3 heteroatoms. The van der Waals surface area contributed by atoms with Crippen molar-refractivity contribution in [2.45, 2.75) is 38.6 Å². The maximum absolute atomic E-state index is 12.8. The molecule has 2 aliphatic carbocycles. The molecule has 5 atom stereocenters. The van der Waals surface area contributed by atoms with Crippen LogP contribution in [-0.2, 0) is 11.2 Å². The van der Waals surface area contributed by atoms with E-state index in [2.05, 4.69) is 24.4 Å². The topological polar surface area (TPSA) is 49.3 Å². The van der Waals surface area contributed by atoms with E-state index < -0.39 is 0 Å². The molecule has 0 unspecified atom stereocenters. The van der Waals surface area contributed by atoms with Gasteiger partial charge in [-0.1, -0.05) is 55.8 Å². The second-order valence-corrected chi connectivity index (χ2v) is 7.00. The number of carbonyl (C=O) groups excluding carboxylic acids is 1. The van der Waals surface area contributed by atoms with Gasteiger partial charge in [0.1, 0.15) is 0 Å². The van der Waals surface area contributed by atoms with E-state index in [1.54, 1.807) is 0 Å². The molecule has 2 bridgehead atoms. The summed E-state index contributed by atoms with van der Waals surface area (Å²) in [5.74, 6) is 1.68. The van der Waals surface area contributed by atoms with Crippen LogP contribution in [0.5, 0.6) is 0 Å². The average molecular weight is 313 g/mol. The zero-order valence-corrected chi connectivity index (χ0v) is 13.8. The summed E-state index contributed by atoms with van der Waals surface area (Å²) in [6, 6.07) is 9.83. The van der Waals surface area contributed by atoms with E-state index in [0.29, 0.717) is 24.2 Å². The van der Waals surface area contributed by atoms with E-state index in [-0.39, 0.29) is 24.5 Å². The Labute approximate surface area is 138 Å². The second-order valence-electron chi connectivity index (χ2n) is 7.00. The third-order valence-electron chi connectivity index (χ3n) is 5.44. The average Bonchev–Trinajstić information content (AvgIpc) is 3.17. The first-order chi connectivity index (χ1) is 11.2. The van der Waals surface area contributed by atoms with Gasteiger partial charge in [-0.05, 0) is 42.6 Å². The highest BCUT2D eigenvalue weighted by atomic mass is 16.3. The summed E-state index contributed by atoms with van der Waals surface area (Å²) in [5, 5.41) is 12.8. The number of hydrogen-bond donors (Lipinski definition) is 2. The minimum Gasteiger partial charge on any atom is -0.394 e. The van der Waals surface area contributed by atoms with Crippen LogP contribution in [-0.4, -0.2) is 23.7 Å². The number of aliphatic hydroxyl groups excluding tert-OH is 1. The highest BCUT2D eigenvalue weighted by molar-refractivity contribution is 5.80. The monoisotopic (exact) mass is 313 g/mol. The Kier molecular flexibility index (Phi) is 5.16. The lowest BCUT2D eigenvalue weighted by Crippen LogP contribution is -2.45. The second kappa shape index (κ2) is 7.31. The fourth-order valence-corrected chi connectivity index (χ4v) is 4.40. The maximum atomic E-state index is 12.8. The molecule has 1 amide bonds. The zero-order valence-electron chi connectivity index (χ0n) is 13.8. The van der Waals surface area contributed by atoms with Crippen LogP contribution in [0.15, 0.2) is 42.5 Å². The van der Waals surface area contributed by atoms with E-state index in [9.17, 15) is 9.90 Å². The molecule has 0 aromatic heterocycles. The van der Waals surface area contributed by atoms with Gasteiger partial charge in [0.05, 0.1) is 12.6 Å². The molecule has 0 radical (unpaired) electrons. The van der Waals surface area contributed by atoms with Crippen molar-refractivity contribution in [3.8, 4) is 0 Å². The number of rotatable bonds is 7. The largest absolute Gasteiger partial charge is 0.394 e. The summed E-state index contributed by atoms with van der Waals surface area (Å²) in [6.07, 6.45) is 8.59. The standard InChI is InChI=1S/C20H27NO2/c1-2-6-18-15-9-10-16(12-15)19(18)20(23)21-17(13-22)11-14-7-4-3-5-8-14/h3-5,7-10,15-19,22H,2,6,11-13H2,1H3,(H,21,23)/t15-,16+,17-,18-,19-/m0/s1. The first-order valence-electron chi connectivity index (χ1n) is 8.86. The van der Waals surface area contributed by atoms with E-state index in [4.69, 9.17) is 0 Å². The Balaban J connectivity index is 1.64. The van der Waals surface area contributed by atoms with E-state index in [0.717, 1.165) is 24.8 Å². The van der Waals surface area contributed by atoms with Gasteiger partial charge < -0.3 is 10.4 Å². The van der Waals surface area contributed by atoms with Gasteiger partial charge in [-0.3, -0.25) is 4.79 Å². The number of carbonyl (C=O) groups is 1. The lowest BCUT2D eigenvalue weighted by atomic mass is 9.79. The number of allylic oxidation sites excluding steroid dienone is 2. The Hall–Kier alpha value is -1.61. The number of benzene rings is 1. The normalized spacial score (nSPS) is 29.7. The molecule has 0 saturated heterocycles. The van der Waals surface area contributed by atoms with Gasteiger partial charge in [0.25, 0.3) is 0 Å². The molecule has 3 nitrogen and oxygen atoms in total. The van der Waals surface area contributed by atoms with Crippen molar-refractivity contribution in [1.82, 2.24) is 5.32 Å². The molecule has 1 aromatic carbocycles. The lowest BCUT2D eigenvalue weighted by Gasteiger charge is -2.28. The molecular weight excluding hydrogens is 286 g/mol. The van der Waals surface area contributed by atoms with Crippen molar-refractivity contribution >= 4 is 5.91 Å². The van der Waals surface area contributed by atoms with Crippen molar-refractivity contribution in [3.63, 3.8) is 0 Å². The quantitative estimate of drug-likeness (QED) is 0.760. The van der Waals surface area contributed by atoms with Gasteiger partial charge in [-0.25, -0.2) is 0 Å². The molecule has 0 heterocycles. The van der Waals surface area contributed by atoms with E-state index in [1.165, 1.54) is 0 Å². The molecule has 124 valence electrons. The van der Waals surface area contributed by atoms with E-state index in [1.807, 2.05) is 30.3 Å². The van der Waals surface area contributed by atoms with Gasteiger partial charge in [0.2, 0.25) is 5.91 Å². The number of hydrogen-bond acceptors (Lipinski definition) is 2. The van der Waals surface area contributed by atoms with Gasteiger partial charge in [0, 0.05) is 5.92 Å². The first-order valence-corrected chi connectivity index (χ1v) is 8.86. The number of amides is 1. The Morgan fingerprint density at radius 3 is 2.70 bits per heavy atom. The summed E-state index contributed by atoms with van der Waals surface area (Å²) < 4.78 is 0. The van der Waals surface area contributed by atoms with Gasteiger partial charge in [0.15, 0.2) is 0 Å². The molecule has 1 saturated carbocycles. The van der Waals surface area contributed by atoms with Crippen LogP contribution in [0.3, 0.4) is 0 Å². The molecule has 23 heavy (non-hydrogen) atoms. The smallest absolute Gasteiger partial charge is 0.224 e. The minimum atomic E-state index is -0.199. The van der Waals surface area contributed by atoms with Crippen molar-refractivity contribution in [1.29, 1.82) is 0 Å². The van der Waals surface area contributed by atoms with Gasteiger partial charge in [-0.15, -0.1) is 0 Å². The van der Waals surface area contributed by atoms with Crippen molar-refractivity contribution in [2.75, 3.05) is 6.61 Å². The lowest BCUT2D eigenvalue weighted by molar-refractivity contribution is -0.128. The SMILES string of the molecule is CCC[C@@H]1[C@@H](C(=O)N[C@H](CO)Cc2ccccc2)[C@@H]2C=C[C@H]1C2. The summed E-state index contributed by atoms with van der Waals surface area (Å²) in [6.45, 7) is 2.17. The molecule has 2 aliphatic rings. The molecule has 0 aliphatic heterocycles. The summed E-state index contributed by atoms with van der Waals surface area (Å²) >= 11 is 0. The van der Waals surface area contributed by atoms with Gasteiger partial charge in [-0.2, -0.15) is 0 Å². The van der Waals surface area contributed by atoms with Crippen LogP contribution < -0.4 is 5.32 Å². The number of fused-ring (bicyclic) bond motifs is 2. The van der Waals surface area contributed by atoms with Crippen molar-refractivity contribution in [2.24, 2.45) is 23.7 Å².